The fourth-order valence-electron chi connectivity index (χ4n) is 5.54. The van der Waals surface area contributed by atoms with E-state index in [9.17, 15) is 18.8 Å². The number of anilines is 1. The van der Waals surface area contributed by atoms with Crippen molar-refractivity contribution >= 4 is 16.7 Å². The molecule has 0 aliphatic carbocycles. The molecule has 1 fully saturated rings. The van der Waals surface area contributed by atoms with Gasteiger partial charge in [-0.3, -0.25) is 9.69 Å². The minimum atomic E-state index is -0.307. The number of hydrogen-bond acceptors (Lipinski definition) is 5. The van der Waals surface area contributed by atoms with Crippen LogP contribution in [0.15, 0.2) is 71.5 Å². The van der Waals surface area contributed by atoms with Gasteiger partial charge in [-0.2, -0.15) is 5.26 Å². The van der Waals surface area contributed by atoms with Gasteiger partial charge in [0.05, 0.1) is 17.2 Å². The molecule has 1 aliphatic heterocycles. The lowest BCUT2D eigenvalue weighted by Gasteiger charge is -2.49. The number of pyridine rings is 2. The summed E-state index contributed by atoms with van der Waals surface area (Å²) in [6, 6.07) is 19.9. The highest BCUT2D eigenvalue weighted by Crippen LogP contribution is 2.36. The molecule has 38 heavy (non-hydrogen) atoms. The second-order valence-corrected chi connectivity index (χ2v) is 9.87. The first-order valence-electron chi connectivity index (χ1n) is 12.7. The van der Waals surface area contributed by atoms with E-state index in [0.29, 0.717) is 35.5 Å². The lowest BCUT2D eigenvalue weighted by molar-refractivity contribution is 0.116. The van der Waals surface area contributed by atoms with Gasteiger partial charge in [0.25, 0.3) is 5.56 Å². The number of rotatable bonds is 5. The van der Waals surface area contributed by atoms with Gasteiger partial charge in [-0.05, 0) is 60.9 Å². The molecule has 2 aromatic carbocycles. The first kappa shape index (κ1) is 25.6. The summed E-state index contributed by atoms with van der Waals surface area (Å²) in [5.74, 6) is -0.614. The first-order chi connectivity index (χ1) is 18.3. The summed E-state index contributed by atoms with van der Waals surface area (Å²) in [4.78, 5) is 22.0. The predicted molar refractivity (Wildman–Crippen MR) is 144 cm³/mol. The molecule has 194 valence electrons. The molecule has 2 aromatic heterocycles. The number of aryl methyl sites for hydroxylation is 1. The number of piperazine rings is 1. The van der Waals surface area contributed by atoms with Crippen LogP contribution in [0.1, 0.15) is 43.1 Å². The third-order valence-electron chi connectivity index (χ3n) is 7.55. The van der Waals surface area contributed by atoms with Crippen molar-refractivity contribution in [3.05, 3.63) is 106 Å². The zero-order chi connectivity index (χ0) is 27.0. The topological polar surface area (TPSA) is 65.2 Å². The highest BCUT2D eigenvalue weighted by molar-refractivity contribution is 5.89. The molecule has 0 amide bonds. The molecule has 3 heterocycles. The Bertz CT molecular complexity index is 1510. The largest absolute Gasteiger partial charge is 0.364 e. The first-order valence-corrected chi connectivity index (χ1v) is 12.7. The van der Waals surface area contributed by atoms with Crippen LogP contribution in [0.4, 0.5) is 14.5 Å². The number of halogens is 2. The van der Waals surface area contributed by atoms with E-state index in [1.807, 2.05) is 0 Å². The summed E-state index contributed by atoms with van der Waals surface area (Å²) in [7, 11) is 1.70. The van der Waals surface area contributed by atoms with Crippen LogP contribution in [0.5, 0.6) is 0 Å². The van der Waals surface area contributed by atoms with Crippen LogP contribution in [-0.4, -0.2) is 39.6 Å². The monoisotopic (exact) mass is 513 g/mol. The summed E-state index contributed by atoms with van der Waals surface area (Å²) in [6.45, 7) is 5.49. The van der Waals surface area contributed by atoms with E-state index in [1.54, 1.807) is 54.1 Å². The Morgan fingerprint density at radius 3 is 2.16 bits per heavy atom. The van der Waals surface area contributed by atoms with Crippen molar-refractivity contribution in [2.45, 2.75) is 38.4 Å². The Labute approximate surface area is 220 Å². The van der Waals surface area contributed by atoms with Crippen molar-refractivity contribution in [3.63, 3.8) is 0 Å². The number of hydrogen-bond donors (Lipinski definition) is 0. The second-order valence-electron chi connectivity index (χ2n) is 9.87. The molecule has 0 spiro atoms. The molecule has 0 radical (unpaired) electrons. The summed E-state index contributed by atoms with van der Waals surface area (Å²) in [5.41, 5.74) is 4.01. The van der Waals surface area contributed by atoms with Crippen molar-refractivity contribution in [3.8, 4) is 6.07 Å². The Morgan fingerprint density at radius 2 is 1.61 bits per heavy atom. The average molecular weight is 514 g/mol. The minimum absolute atomic E-state index is 0.0101. The average Bonchev–Trinajstić information content (AvgIpc) is 2.93. The number of nitriles is 1. The van der Waals surface area contributed by atoms with Crippen molar-refractivity contribution in [2.75, 3.05) is 18.0 Å². The third-order valence-corrected chi connectivity index (χ3v) is 7.55. The SMILES string of the molecule is CCC1CN(c2cc(=O)n(C)c3ccc(C#N)nc23)[C@@H](C)CN1C(c1ccc(F)cc1)c1ccc(F)cc1. The van der Waals surface area contributed by atoms with Crippen LogP contribution in [0.25, 0.3) is 11.0 Å². The highest BCUT2D eigenvalue weighted by Gasteiger charge is 2.37. The second kappa shape index (κ2) is 10.3. The van der Waals surface area contributed by atoms with Gasteiger partial charge in [-0.1, -0.05) is 31.2 Å². The summed E-state index contributed by atoms with van der Waals surface area (Å²) < 4.78 is 29.2. The Hall–Kier alpha value is -4.09. The molecule has 1 aliphatic rings. The molecule has 0 saturated carbocycles. The molecule has 0 N–H and O–H groups in total. The van der Waals surface area contributed by atoms with Gasteiger partial charge in [-0.25, -0.2) is 13.8 Å². The molecule has 5 rings (SSSR count). The Morgan fingerprint density at radius 1 is 1.00 bits per heavy atom. The Kier molecular flexibility index (Phi) is 6.96. The summed E-state index contributed by atoms with van der Waals surface area (Å²) in [5, 5.41) is 9.45. The number of nitrogens with zero attached hydrogens (tertiary/aromatic N) is 5. The van der Waals surface area contributed by atoms with E-state index in [-0.39, 0.29) is 35.3 Å². The standard InChI is InChI=1S/C30H29F2N5O/c1-4-25-18-36(27-15-28(38)35(3)26-14-13-24(16-33)34-29(26)27)19(2)17-37(25)30(20-5-9-22(31)10-6-20)21-7-11-23(32)12-8-21/h5-15,19,25,30H,4,17-18H2,1-3H3/t19-,25?/m0/s1. The van der Waals surface area contributed by atoms with Gasteiger partial charge >= 0.3 is 0 Å². The lowest BCUT2D eigenvalue weighted by Crippen LogP contribution is -2.58. The highest BCUT2D eigenvalue weighted by atomic mass is 19.1. The molecular formula is C30H29F2N5O. The third kappa shape index (κ3) is 4.66. The minimum Gasteiger partial charge on any atom is -0.364 e. The molecule has 0 bridgehead atoms. The zero-order valence-corrected chi connectivity index (χ0v) is 21.6. The van der Waals surface area contributed by atoms with Gasteiger partial charge in [0.2, 0.25) is 0 Å². The van der Waals surface area contributed by atoms with Crippen molar-refractivity contribution in [2.24, 2.45) is 7.05 Å². The number of benzene rings is 2. The quantitative estimate of drug-likeness (QED) is 0.369. The maximum atomic E-state index is 13.8. The van der Waals surface area contributed by atoms with Crippen LogP contribution in [-0.2, 0) is 7.05 Å². The van der Waals surface area contributed by atoms with Crippen LogP contribution in [0, 0.1) is 23.0 Å². The molecule has 1 saturated heterocycles. The predicted octanol–water partition coefficient (Wildman–Crippen LogP) is 5.16. The molecular weight excluding hydrogens is 484 g/mol. The summed E-state index contributed by atoms with van der Waals surface area (Å²) >= 11 is 0. The summed E-state index contributed by atoms with van der Waals surface area (Å²) in [6.07, 6.45) is 0.821. The van der Waals surface area contributed by atoms with Crippen LogP contribution >= 0.6 is 0 Å². The van der Waals surface area contributed by atoms with Crippen LogP contribution in [0.2, 0.25) is 0 Å². The van der Waals surface area contributed by atoms with Gasteiger partial charge < -0.3 is 9.47 Å². The smallest absolute Gasteiger partial charge is 0.252 e. The molecule has 8 heteroatoms. The van der Waals surface area contributed by atoms with Gasteiger partial charge in [0, 0.05) is 38.3 Å². The normalized spacial score (nSPS) is 18.2. The number of aromatic nitrogens is 2. The maximum Gasteiger partial charge on any atom is 0.252 e. The van der Waals surface area contributed by atoms with E-state index < -0.39 is 0 Å². The fourth-order valence-corrected chi connectivity index (χ4v) is 5.54. The van der Waals surface area contributed by atoms with E-state index in [0.717, 1.165) is 17.5 Å². The lowest BCUT2D eigenvalue weighted by atomic mass is 9.92. The van der Waals surface area contributed by atoms with Crippen molar-refractivity contribution in [1.82, 2.24) is 14.5 Å². The van der Waals surface area contributed by atoms with Crippen LogP contribution < -0.4 is 10.5 Å². The van der Waals surface area contributed by atoms with E-state index >= 15 is 0 Å². The van der Waals surface area contributed by atoms with Crippen LogP contribution in [0.3, 0.4) is 0 Å². The van der Waals surface area contributed by atoms with E-state index in [2.05, 4.69) is 34.7 Å². The van der Waals surface area contributed by atoms with Gasteiger partial charge in [0.15, 0.2) is 0 Å². The van der Waals surface area contributed by atoms with Gasteiger partial charge in [-0.15, -0.1) is 0 Å². The van der Waals surface area contributed by atoms with Gasteiger partial charge in [0.1, 0.15) is 28.9 Å². The van der Waals surface area contributed by atoms with Crippen molar-refractivity contribution < 1.29 is 8.78 Å². The van der Waals surface area contributed by atoms with E-state index in [4.69, 9.17) is 0 Å². The number of fused-ring (bicyclic) bond motifs is 1. The fraction of sp³-hybridized carbons (Fsp3) is 0.300. The molecule has 4 aromatic rings. The maximum absolute atomic E-state index is 13.8. The molecule has 1 unspecified atom stereocenters. The Balaban J connectivity index is 1.58. The van der Waals surface area contributed by atoms with E-state index in [1.165, 1.54) is 24.3 Å². The molecule has 6 nitrogen and oxygen atoms in total. The van der Waals surface area contributed by atoms with Crippen molar-refractivity contribution in [1.29, 1.82) is 5.26 Å². The molecule has 2 atom stereocenters. The zero-order valence-electron chi connectivity index (χ0n) is 21.6.